The van der Waals surface area contributed by atoms with E-state index in [1.807, 2.05) is 31.3 Å². The number of benzene rings is 1. The number of nitrogens with zero attached hydrogens (tertiary/aromatic N) is 1. The van der Waals surface area contributed by atoms with Crippen LogP contribution in [0.25, 0.3) is 0 Å². The van der Waals surface area contributed by atoms with E-state index in [2.05, 4.69) is 5.32 Å². The first-order valence-electron chi connectivity index (χ1n) is 6.82. The van der Waals surface area contributed by atoms with Crippen molar-refractivity contribution in [2.24, 2.45) is 5.92 Å². The summed E-state index contributed by atoms with van der Waals surface area (Å²) in [5.74, 6) is 1.52. The smallest absolute Gasteiger partial charge is 0.226 e. The molecule has 1 aliphatic rings. The van der Waals surface area contributed by atoms with E-state index < -0.39 is 0 Å². The van der Waals surface area contributed by atoms with Crippen molar-refractivity contribution >= 4 is 11.6 Å². The minimum atomic E-state index is 0.192. The van der Waals surface area contributed by atoms with E-state index in [0.717, 1.165) is 37.4 Å². The highest BCUT2D eigenvalue weighted by Gasteiger charge is 2.19. The van der Waals surface area contributed by atoms with Crippen molar-refractivity contribution in [3.63, 3.8) is 0 Å². The third-order valence-electron chi connectivity index (χ3n) is 3.76. The molecule has 1 saturated heterocycles. The zero-order valence-electron chi connectivity index (χ0n) is 11.7. The Labute approximate surface area is 114 Å². The molecule has 0 spiro atoms. The SMILES string of the molecule is COc1ccc(N(C)C(=O)CC2CCNCC2)cc1. The van der Waals surface area contributed by atoms with Gasteiger partial charge in [0.1, 0.15) is 5.75 Å². The number of amides is 1. The predicted octanol–water partition coefficient (Wildman–Crippen LogP) is 2.05. The first-order chi connectivity index (χ1) is 9.20. The summed E-state index contributed by atoms with van der Waals surface area (Å²) in [5.41, 5.74) is 0.916. The molecule has 4 heteroatoms. The molecular weight excluding hydrogens is 240 g/mol. The molecule has 1 heterocycles. The monoisotopic (exact) mass is 262 g/mol. The molecule has 1 aromatic rings. The Morgan fingerprint density at radius 1 is 1.32 bits per heavy atom. The van der Waals surface area contributed by atoms with Crippen LogP contribution in [-0.4, -0.2) is 33.2 Å². The van der Waals surface area contributed by atoms with Crippen molar-refractivity contribution in [3.8, 4) is 5.75 Å². The third-order valence-corrected chi connectivity index (χ3v) is 3.76. The summed E-state index contributed by atoms with van der Waals surface area (Å²) in [7, 11) is 3.48. The number of ether oxygens (including phenoxy) is 1. The number of rotatable bonds is 4. The molecule has 1 aliphatic heterocycles. The molecular formula is C15H22N2O2. The van der Waals surface area contributed by atoms with Crippen molar-refractivity contribution in [1.29, 1.82) is 0 Å². The summed E-state index contributed by atoms with van der Waals surface area (Å²) in [6.45, 7) is 2.06. The zero-order chi connectivity index (χ0) is 13.7. The molecule has 1 fully saturated rings. The Morgan fingerprint density at radius 3 is 2.53 bits per heavy atom. The van der Waals surface area contributed by atoms with Crippen LogP contribution in [-0.2, 0) is 4.79 Å². The van der Waals surface area contributed by atoms with Gasteiger partial charge in [-0.3, -0.25) is 4.79 Å². The van der Waals surface area contributed by atoms with Gasteiger partial charge in [-0.05, 0) is 56.1 Å². The van der Waals surface area contributed by atoms with E-state index in [1.54, 1.807) is 12.0 Å². The van der Waals surface area contributed by atoms with Crippen LogP contribution >= 0.6 is 0 Å². The lowest BCUT2D eigenvalue weighted by Gasteiger charge is -2.25. The van der Waals surface area contributed by atoms with Crippen LogP contribution in [0.1, 0.15) is 19.3 Å². The van der Waals surface area contributed by atoms with Crippen molar-refractivity contribution in [3.05, 3.63) is 24.3 Å². The van der Waals surface area contributed by atoms with Gasteiger partial charge in [-0.25, -0.2) is 0 Å². The summed E-state index contributed by atoms with van der Waals surface area (Å²) in [4.78, 5) is 14.0. The number of carbonyl (C=O) groups is 1. The average molecular weight is 262 g/mol. The molecule has 4 nitrogen and oxygen atoms in total. The Kier molecular flexibility index (Phi) is 4.80. The Balaban J connectivity index is 1.93. The normalized spacial score (nSPS) is 16.1. The van der Waals surface area contributed by atoms with Gasteiger partial charge in [0.05, 0.1) is 7.11 Å². The van der Waals surface area contributed by atoms with Gasteiger partial charge in [0.25, 0.3) is 0 Å². The zero-order valence-corrected chi connectivity index (χ0v) is 11.7. The van der Waals surface area contributed by atoms with Gasteiger partial charge in [0.15, 0.2) is 0 Å². The second-order valence-electron chi connectivity index (χ2n) is 5.05. The first kappa shape index (κ1) is 13.9. The molecule has 104 valence electrons. The van der Waals surface area contributed by atoms with Crippen LogP contribution in [0.3, 0.4) is 0 Å². The molecule has 0 saturated carbocycles. The molecule has 0 aromatic heterocycles. The van der Waals surface area contributed by atoms with Crippen LogP contribution in [0.2, 0.25) is 0 Å². The predicted molar refractivity (Wildman–Crippen MR) is 76.6 cm³/mol. The summed E-state index contributed by atoms with van der Waals surface area (Å²) in [6.07, 6.45) is 2.84. The fourth-order valence-electron chi connectivity index (χ4n) is 2.42. The van der Waals surface area contributed by atoms with Gasteiger partial charge in [0, 0.05) is 19.2 Å². The maximum atomic E-state index is 12.2. The Hall–Kier alpha value is -1.55. The number of piperidine rings is 1. The van der Waals surface area contributed by atoms with Gasteiger partial charge in [-0.1, -0.05) is 0 Å². The minimum Gasteiger partial charge on any atom is -0.497 e. The second kappa shape index (κ2) is 6.57. The van der Waals surface area contributed by atoms with Gasteiger partial charge >= 0.3 is 0 Å². The molecule has 2 rings (SSSR count). The number of hydrogen-bond acceptors (Lipinski definition) is 3. The van der Waals surface area contributed by atoms with Crippen LogP contribution in [0.5, 0.6) is 5.75 Å². The highest BCUT2D eigenvalue weighted by molar-refractivity contribution is 5.92. The van der Waals surface area contributed by atoms with Crippen LogP contribution in [0.4, 0.5) is 5.69 Å². The topological polar surface area (TPSA) is 41.6 Å². The molecule has 19 heavy (non-hydrogen) atoms. The first-order valence-corrected chi connectivity index (χ1v) is 6.82. The molecule has 0 atom stereocenters. The molecule has 1 aromatic carbocycles. The van der Waals surface area contributed by atoms with Crippen molar-refractivity contribution in [2.75, 3.05) is 32.1 Å². The maximum absolute atomic E-state index is 12.2. The van der Waals surface area contributed by atoms with Crippen molar-refractivity contribution in [2.45, 2.75) is 19.3 Å². The fraction of sp³-hybridized carbons (Fsp3) is 0.533. The van der Waals surface area contributed by atoms with E-state index >= 15 is 0 Å². The molecule has 0 radical (unpaired) electrons. The highest BCUT2D eigenvalue weighted by Crippen LogP contribution is 2.22. The Bertz CT molecular complexity index is 411. The van der Waals surface area contributed by atoms with Crippen LogP contribution in [0.15, 0.2) is 24.3 Å². The van der Waals surface area contributed by atoms with Gasteiger partial charge in [0.2, 0.25) is 5.91 Å². The number of carbonyl (C=O) groups excluding carboxylic acids is 1. The summed E-state index contributed by atoms with van der Waals surface area (Å²) >= 11 is 0. The molecule has 0 aliphatic carbocycles. The summed E-state index contributed by atoms with van der Waals surface area (Å²) < 4.78 is 5.12. The molecule has 0 bridgehead atoms. The maximum Gasteiger partial charge on any atom is 0.226 e. The number of methoxy groups -OCH3 is 1. The van der Waals surface area contributed by atoms with Gasteiger partial charge in [-0.15, -0.1) is 0 Å². The van der Waals surface area contributed by atoms with E-state index in [1.165, 1.54) is 0 Å². The molecule has 1 N–H and O–H groups in total. The lowest BCUT2D eigenvalue weighted by molar-refractivity contribution is -0.119. The summed E-state index contributed by atoms with van der Waals surface area (Å²) in [6, 6.07) is 7.59. The molecule has 0 unspecified atom stereocenters. The number of nitrogens with one attached hydrogen (secondary N) is 1. The Morgan fingerprint density at radius 2 is 1.95 bits per heavy atom. The van der Waals surface area contributed by atoms with Crippen LogP contribution in [0, 0.1) is 5.92 Å². The van der Waals surface area contributed by atoms with Crippen LogP contribution < -0.4 is 15.0 Å². The van der Waals surface area contributed by atoms with E-state index in [-0.39, 0.29) is 5.91 Å². The fourth-order valence-corrected chi connectivity index (χ4v) is 2.42. The number of anilines is 1. The molecule has 1 amide bonds. The largest absolute Gasteiger partial charge is 0.497 e. The van der Waals surface area contributed by atoms with Gasteiger partial charge in [-0.2, -0.15) is 0 Å². The van der Waals surface area contributed by atoms with Crippen molar-refractivity contribution in [1.82, 2.24) is 5.32 Å². The van der Waals surface area contributed by atoms with E-state index in [4.69, 9.17) is 4.74 Å². The second-order valence-corrected chi connectivity index (χ2v) is 5.05. The minimum absolute atomic E-state index is 0.192. The standard InChI is InChI=1S/C15H22N2O2/c1-17(13-3-5-14(19-2)6-4-13)15(18)11-12-7-9-16-10-8-12/h3-6,12,16H,7-11H2,1-2H3. The third kappa shape index (κ3) is 3.70. The van der Waals surface area contributed by atoms with Crippen molar-refractivity contribution < 1.29 is 9.53 Å². The lowest BCUT2D eigenvalue weighted by atomic mass is 9.94. The van der Waals surface area contributed by atoms with E-state index in [9.17, 15) is 4.79 Å². The summed E-state index contributed by atoms with van der Waals surface area (Å²) in [5, 5.41) is 3.32. The number of hydrogen-bond donors (Lipinski definition) is 1. The van der Waals surface area contributed by atoms with Gasteiger partial charge < -0.3 is 15.0 Å². The average Bonchev–Trinajstić information content (AvgIpc) is 2.47. The quantitative estimate of drug-likeness (QED) is 0.903. The lowest BCUT2D eigenvalue weighted by Crippen LogP contribution is -2.33. The highest BCUT2D eigenvalue weighted by atomic mass is 16.5. The van der Waals surface area contributed by atoms with E-state index in [0.29, 0.717) is 12.3 Å².